The van der Waals surface area contributed by atoms with Crippen molar-refractivity contribution in [3.8, 4) is 12.3 Å². The fourth-order valence-electron chi connectivity index (χ4n) is 0.928. The van der Waals surface area contributed by atoms with Gasteiger partial charge in [-0.1, -0.05) is 48.0 Å². The highest BCUT2D eigenvalue weighted by atomic mass is 32.2. The van der Waals surface area contributed by atoms with Crippen molar-refractivity contribution in [2.45, 2.75) is 6.54 Å². The second-order valence-corrected chi connectivity index (χ2v) is 3.57. The lowest BCUT2D eigenvalue weighted by atomic mass is 10.2. The minimum absolute atomic E-state index is 0.0770. The number of hydrogen-bond donors (Lipinski definition) is 1. The lowest BCUT2D eigenvalue weighted by molar-refractivity contribution is 0.260. The third-order valence-corrected chi connectivity index (χ3v) is 2.28. The summed E-state index contributed by atoms with van der Waals surface area (Å²) < 4.78 is 0. The van der Waals surface area contributed by atoms with Gasteiger partial charge in [-0.05, 0) is 5.56 Å². The van der Waals surface area contributed by atoms with Crippen molar-refractivity contribution in [1.82, 2.24) is 5.32 Å². The van der Waals surface area contributed by atoms with E-state index in [0.717, 1.165) is 17.3 Å². The molecule has 0 unspecified atom stereocenters. The molecule has 1 N–H and O–H groups in total. The molecule has 0 aromatic heterocycles. The Hall–Kier alpha value is -1.40. The van der Waals surface area contributed by atoms with E-state index in [4.69, 9.17) is 6.42 Å². The molecule has 0 fully saturated rings. The molecule has 0 atom stereocenters. The minimum atomic E-state index is -0.0770. The van der Waals surface area contributed by atoms with Gasteiger partial charge in [-0.15, -0.1) is 6.42 Å². The van der Waals surface area contributed by atoms with E-state index in [1.807, 2.05) is 30.3 Å². The van der Waals surface area contributed by atoms with Crippen molar-refractivity contribution in [3.63, 3.8) is 0 Å². The summed E-state index contributed by atoms with van der Waals surface area (Å²) in [6, 6.07) is 9.75. The van der Waals surface area contributed by atoms with E-state index in [1.165, 1.54) is 0 Å². The van der Waals surface area contributed by atoms with Crippen molar-refractivity contribution >= 4 is 17.0 Å². The molecular formula is C11H11NOS. The highest BCUT2D eigenvalue weighted by Crippen LogP contribution is 2.02. The Balaban J connectivity index is 2.28. The number of hydrogen-bond acceptors (Lipinski definition) is 2. The highest BCUT2D eigenvalue weighted by Gasteiger charge is 1.99. The molecule has 0 aliphatic heterocycles. The Kier molecular flexibility index (Phi) is 4.66. The first kappa shape index (κ1) is 10.7. The van der Waals surface area contributed by atoms with Gasteiger partial charge >= 0.3 is 0 Å². The van der Waals surface area contributed by atoms with E-state index < -0.39 is 0 Å². The standard InChI is InChI=1S/C11H11NOS/c1-2-8-14-11(13)12-9-10-6-4-3-5-7-10/h1,3-7H,8-9H2,(H,12,13). The van der Waals surface area contributed by atoms with Gasteiger partial charge in [0.25, 0.3) is 5.24 Å². The summed E-state index contributed by atoms with van der Waals surface area (Å²) in [6.45, 7) is 0.553. The second-order valence-electron chi connectivity index (χ2n) is 2.62. The molecule has 0 saturated heterocycles. The van der Waals surface area contributed by atoms with Crippen molar-refractivity contribution in [2.75, 3.05) is 5.75 Å². The molecule has 1 amide bonds. The first-order valence-corrected chi connectivity index (χ1v) is 5.19. The molecule has 72 valence electrons. The lowest BCUT2D eigenvalue weighted by Gasteiger charge is -2.02. The number of benzene rings is 1. The van der Waals surface area contributed by atoms with Crippen LogP contribution in [-0.4, -0.2) is 11.0 Å². The maximum atomic E-state index is 11.1. The molecule has 1 aromatic carbocycles. The smallest absolute Gasteiger partial charge is 0.280 e. The molecule has 0 aliphatic carbocycles. The molecule has 3 heteroatoms. The molecule has 0 aliphatic rings. The summed E-state index contributed by atoms with van der Waals surface area (Å²) in [5.41, 5.74) is 1.09. The Bertz CT molecular complexity index is 329. The van der Waals surface area contributed by atoms with Gasteiger partial charge in [0, 0.05) is 6.54 Å². The average Bonchev–Trinajstić information content (AvgIpc) is 2.25. The zero-order valence-electron chi connectivity index (χ0n) is 7.69. The number of rotatable bonds is 3. The zero-order valence-corrected chi connectivity index (χ0v) is 8.51. The van der Waals surface area contributed by atoms with Gasteiger partial charge in [-0.3, -0.25) is 4.79 Å². The van der Waals surface area contributed by atoms with Gasteiger partial charge < -0.3 is 5.32 Å². The van der Waals surface area contributed by atoms with Crippen LogP contribution in [0.1, 0.15) is 5.56 Å². The van der Waals surface area contributed by atoms with Gasteiger partial charge in [0.1, 0.15) is 0 Å². The van der Waals surface area contributed by atoms with Crippen molar-refractivity contribution in [3.05, 3.63) is 35.9 Å². The number of nitrogens with one attached hydrogen (secondary N) is 1. The first-order valence-electron chi connectivity index (χ1n) is 4.21. The summed E-state index contributed by atoms with van der Waals surface area (Å²) >= 11 is 1.11. The molecule has 1 rings (SSSR count). The molecule has 14 heavy (non-hydrogen) atoms. The van der Waals surface area contributed by atoms with Crippen LogP contribution in [-0.2, 0) is 6.54 Å². The highest BCUT2D eigenvalue weighted by molar-refractivity contribution is 8.13. The Labute approximate surface area is 88.1 Å². The molecule has 1 aromatic rings. The van der Waals surface area contributed by atoms with Crippen molar-refractivity contribution in [2.24, 2.45) is 0 Å². The second kappa shape index (κ2) is 6.11. The molecular weight excluding hydrogens is 194 g/mol. The van der Waals surface area contributed by atoms with Crippen molar-refractivity contribution in [1.29, 1.82) is 0 Å². The molecule has 0 saturated carbocycles. The first-order chi connectivity index (χ1) is 6.83. The van der Waals surface area contributed by atoms with Crippen LogP contribution in [0.15, 0.2) is 30.3 Å². The Morgan fingerprint density at radius 3 is 2.79 bits per heavy atom. The van der Waals surface area contributed by atoms with Gasteiger partial charge in [0.15, 0.2) is 0 Å². The van der Waals surface area contributed by atoms with E-state index in [0.29, 0.717) is 12.3 Å². The summed E-state index contributed by atoms with van der Waals surface area (Å²) in [5, 5.41) is 2.69. The van der Waals surface area contributed by atoms with Crippen LogP contribution < -0.4 is 5.32 Å². The van der Waals surface area contributed by atoms with E-state index in [1.54, 1.807) is 0 Å². The Morgan fingerprint density at radius 1 is 1.43 bits per heavy atom. The predicted molar refractivity (Wildman–Crippen MR) is 60.0 cm³/mol. The van der Waals surface area contributed by atoms with Crippen LogP contribution in [0, 0.1) is 12.3 Å². The van der Waals surface area contributed by atoms with Crippen LogP contribution in [0.25, 0.3) is 0 Å². The van der Waals surface area contributed by atoms with Gasteiger partial charge in [-0.25, -0.2) is 0 Å². The van der Waals surface area contributed by atoms with E-state index >= 15 is 0 Å². The SMILES string of the molecule is C#CCSC(=O)NCc1ccccc1. The summed E-state index contributed by atoms with van der Waals surface area (Å²) in [5.74, 6) is 2.82. The quantitative estimate of drug-likeness (QED) is 0.767. The molecule has 2 nitrogen and oxygen atoms in total. The maximum absolute atomic E-state index is 11.1. The monoisotopic (exact) mass is 205 g/mol. The van der Waals surface area contributed by atoms with Crippen LogP contribution in [0.5, 0.6) is 0 Å². The predicted octanol–water partition coefficient (Wildman–Crippen LogP) is 2.26. The van der Waals surface area contributed by atoms with Crippen molar-refractivity contribution < 1.29 is 4.79 Å². The zero-order chi connectivity index (χ0) is 10.2. The third kappa shape index (κ3) is 4.01. The van der Waals surface area contributed by atoms with Crippen LogP contribution >= 0.6 is 11.8 Å². The lowest BCUT2D eigenvalue weighted by Crippen LogP contribution is -2.17. The average molecular weight is 205 g/mol. The van der Waals surface area contributed by atoms with Gasteiger partial charge in [0.05, 0.1) is 5.75 Å². The fourth-order valence-corrected chi connectivity index (χ4v) is 1.32. The number of carbonyl (C=O) groups is 1. The van der Waals surface area contributed by atoms with Gasteiger partial charge in [-0.2, -0.15) is 0 Å². The summed E-state index contributed by atoms with van der Waals surface area (Å²) in [4.78, 5) is 11.1. The number of amides is 1. The summed E-state index contributed by atoms with van der Waals surface area (Å²) in [7, 11) is 0. The largest absolute Gasteiger partial charge is 0.343 e. The summed E-state index contributed by atoms with van der Waals surface area (Å²) in [6.07, 6.45) is 5.03. The van der Waals surface area contributed by atoms with E-state index in [-0.39, 0.29) is 5.24 Å². The van der Waals surface area contributed by atoms with Crippen LogP contribution in [0.4, 0.5) is 4.79 Å². The fraction of sp³-hybridized carbons (Fsp3) is 0.182. The van der Waals surface area contributed by atoms with Crippen LogP contribution in [0.2, 0.25) is 0 Å². The number of terminal acetylenes is 1. The normalized spacial score (nSPS) is 9.07. The molecule has 0 heterocycles. The van der Waals surface area contributed by atoms with Gasteiger partial charge in [0.2, 0.25) is 0 Å². The van der Waals surface area contributed by atoms with Crippen LogP contribution in [0.3, 0.4) is 0 Å². The maximum Gasteiger partial charge on any atom is 0.280 e. The van der Waals surface area contributed by atoms with E-state index in [2.05, 4.69) is 11.2 Å². The Morgan fingerprint density at radius 2 is 2.14 bits per heavy atom. The molecule has 0 radical (unpaired) electrons. The number of thioether (sulfide) groups is 1. The molecule has 0 bridgehead atoms. The molecule has 0 spiro atoms. The number of carbonyl (C=O) groups excluding carboxylic acids is 1. The topological polar surface area (TPSA) is 29.1 Å². The minimum Gasteiger partial charge on any atom is -0.343 e. The third-order valence-electron chi connectivity index (χ3n) is 1.57. The van der Waals surface area contributed by atoms with E-state index in [9.17, 15) is 4.79 Å².